The highest BCUT2D eigenvalue weighted by Gasteiger charge is 2.18. The van der Waals surface area contributed by atoms with Gasteiger partial charge in [0, 0.05) is 6.07 Å². The monoisotopic (exact) mass is 313 g/mol. The predicted octanol–water partition coefficient (Wildman–Crippen LogP) is 3.46. The second kappa shape index (κ2) is 6.39. The van der Waals surface area contributed by atoms with E-state index in [4.69, 9.17) is 0 Å². The van der Waals surface area contributed by atoms with Gasteiger partial charge in [-0.3, -0.25) is 4.79 Å². The Balaban J connectivity index is 1.82. The molecule has 23 heavy (non-hydrogen) atoms. The van der Waals surface area contributed by atoms with Crippen LogP contribution in [0.1, 0.15) is 15.9 Å². The van der Waals surface area contributed by atoms with Crippen molar-refractivity contribution in [2.24, 2.45) is 0 Å². The van der Waals surface area contributed by atoms with Gasteiger partial charge in [0.1, 0.15) is 23.0 Å². The van der Waals surface area contributed by atoms with Crippen molar-refractivity contribution in [3.63, 3.8) is 0 Å². The summed E-state index contributed by atoms with van der Waals surface area (Å²) >= 11 is 0. The molecular formula is C17H13F2N3O. The number of nitrogens with one attached hydrogen (secondary N) is 1. The van der Waals surface area contributed by atoms with Crippen molar-refractivity contribution in [2.45, 2.75) is 6.54 Å². The summed E-state index contributed by atoms with van der Waals surface area (Å²) in [6.07, 6.45) is 1.51. The molecule has 0 saturated heterocycles. The van der Waals surface area contributed by atoms with E-state index in [9.17, 15) is 13.6 Å². The smallest absolute Gasteiger partial charge is 0.262 e. The summed E-state index contributed by atoms with van der Waals surface area (Å²) in [5, 5.41) is 6.61. The minimum atomic E-state index is -0.906. The van der Waals surface area contributed by atoms with E-state index in [0.717, 1.165) is 17.7 Å². The van der Waals surface area contributed by atoms with Gasteiger partial charge in [-0.25, -0.2) is 13.5 Å². The van der Waals surface area contributed by atoms with E-state index in [1.165, 1.54) is 12.3 Å². The minimum Gasteiger partial charge on any atom is -0.307 e. The Labute approximate surface area is 131 Å². The third-order valence-electron chi connectivity index (χ3n) is 3.32. The normalized spacial score (nSPS) is 10.5. The number of benzene rings is 2. The molecule has 3 aromatic rings. The maximum Gasteiger partial charge on any atom is 0.262 e. The van der Waals surface area contributed by atoms with Gasteiger partial charge in [-0.05, 0) is 17.7 Å². The highest BCUT2D eigenvalue weighted by Crippen LogP contribution is 2.16. The van der Waals surface area contributed by atoms with Gasteiger partial charge >= 0.3 is 0 Å². The van der Waals surface area contributed by atoms with Crippen LogP contribution in [0, 0.1) is 11.6 Å². The van der Waals surface area contributed by atoms with Gasteiger partial charge in [0.25, 0.3) is 5.91 Å². The number of rotatable bonds is 4. The molecule has 1 heterocycles. The first-order chi connectivity index (χ1) is 11.1. The molecule has 2 aromatic carbocycles. The lowest BCUT2D eigenvalue weighted by atomic mass is 10.2. The lowest BCUT2D eigenvalue weighted by Crippen LogP contribution is -2.18. The van der Waals surface area contributed by atoms with Crippen molar-refractivity contribution in [3.05, 3.63) is 83.6 Å². The van der Waals surface area contributed by atoms with Gasteiger partial charge in [-0.1, -0.05) is 36.4 Å². The third kappa shape index (κ3) is 3.26. The van der Waals surface area contributed by atoms with Crippen LogP contribution in [0.2, 0.25) is 0 Å². The van der Waals surface area contributed by atoms with E-state index in [1.807, 2.05) is 30.3 Å². The van der Waals surface area contributed by atoms with E-state index in [2.05, 4.69) is 10.4 Å². The standard InChI is InChI=1S/C17H13F2N3O/c18-13-7-4-8-14(19)16(13)17(23)21-15-9-10-20-22(15)11-12-5-2-1-3-6-12/h1-10H,11H2,(H,21,23). The number of amides is 1. The van der Waals surface area contributed by atoms with Gasteiger partial charge in [-0.2, -0.15) is 5.10 Å². The molecule has 0 aliphatic carbocycles. The molecule has 0 bridgehead atoms. The van der Waals surface area contributed by atoms with Crippen LogP contribution in [-0.4, -0.2) is 15.7 Å². The van der Waals surface area contributed by atoms with Gasteiger partial charge in [0.2, 0.25) is 0 Å². The van der Waals surface area contributed by atoms with Crippen LogP contribution in [0.4, 0.5) is 14.6 Å². The molecule has 1 aromatic heterocycles. The number of carbonyl (C=O) groups is 1. The fourth-order valence-electron chi connectivity index (χ4n) is 2.21. The molecule has 4 nitrogen and oxygen atoms in total. The molecule has 0 aliphatic heterocycles. The summed E-state index contributed by atoms with van der Waals surface area (Å²) in [4.78, 5) is 12.1. The molecule has 1 N–H and O–H groups in total. The fourth-order valence-corrected chi connectivity index (χ4v) is 2.21. The molecule has 0 unspecified atom stereocenters. The molecule has 0 aliphatic rings. The highest BCUT2D eigenvalue weighted by atomic mass is 19.1. The number of aromatic nitrogens is 2. The van der Waals surface area contributed by atoms with E-state index < -0.39 is 23.1 Å². The Kier molecular flexibility index (Phi) is 4.14. The number of hydrogen-bond acceptors (Lipinski definition) is 2. The molecule has 116 valence electrons. The second-order valence-corrected chi connectivity index (χ2v) is 4.91. The summed E-state index contributed by atoms with van der Waals surface area (Å²) in [7, 11) is 0. The zero-order valence-electron chi connectivity index (χ0n) is 12.0. The molecule has 0 saturated carbocycles. The van der Waals surface area contributed by atoms with Gasteiger partial charge in [0.05, 0.1) is 12.7 Å². The van der Waals surface area contributed by atoms with E-state index >= 15 is 0 Å². The average Bonchev–Trinajstić information content (AvgIpc) is 2.95. The summed E-state index contributed by atoms with van der Waals surface area (Å²) < 4.78 is 28.9. The Morgan fingerprint density at radius 2 is 1.70 bits per heavy atom. The van der Waals surface area contributed by atoms with Gasteiger partial charge in [0.15, 0.2) is 0 Å². The van der Waals surface area contributed by atoms with Gasteiger partial charge < -0.3 is 5.32 Å². The first-order valence-corrected chi connectivity index (χ1v) is 6.96. The topological polar surface area (TPSA) is 46.9 Å². The summed E-state index contributed by atoms with van der Waals surface area (Å²) in [5.41, 5.74) is 0.378. The second-order valence-electron chi connectivity index (χ2n) is 4.91. The maximum absolute atomic E-state index is 13.7. The molecular weight excluding hydrogens is 300 g/mol. The van der Waals surface area contributed by atoms with Crippen LogP contribution in [0.3, 0.4) is 0 Å². The zero-order chi connectivity index (χ0) is 16.2. The zero-order valence-corrected chi connectivity index (χ0v) is 12.0. The molecule has 3 rings (SSSR count). The van der Waals surface area contributed by atoms with Crippen LogP contribution in [0.15, 0.2) is 60.8 Å². The van der Waals surface area contributed by atoms with Crippen molar-refractivity contribution in [2.75, 3.05) is 5.32 Å². The largest absolute Gasteiger partial charge is 0.307 e. The molecule has 1 amide bonds. The van der Waals surface area contributed by atoms with Crippen molar-refractivity contribution in [1.82, 2.24) is 9.78 Å². The van der Waals surface area contributed by atoms with Crippen LogP contribution >= 0.6 is 0 Å². The fraction of sp³-hybridized carbons (Fsp3) is 0.0588. The molecule has 0 radical (unpaired) electrons. The van der Waals surface area contributed by atoms with Crippen LogP contribution in [0.5, 0.6) is 0 Å². The van der Waals surface area contributed by atoms with Crippen LogP contribution < -0.4 is 5.32 Å². The number of hydrogen-bond donors (Lipinski definition) is 1. The number of anilines is 1. The van der Waals surface area contributed by atoms with Crippen LogP contribution in [-0.2, 0) is 6.54 Å². The van der Waals surface area contributed by atoms with Crippen molar-refractivity contribution < 1.29 is 13.6 Å². The molecule has 0 fully saturated rings. The highest BCUT2D eigenvalue weighted by molar-refractivity contribution is 6.04. The average molecular weight is 313 g/mol. The lowest BCUT2D eigenvalue weighted by Gasteiger charge is -2.10. The summed E-state index contributed by atoms with van der Waals surface area (Å²) in [5.74, 6) is -2.30. The quantitative estimate of drug-likeness (QED) is 0.802. The van der Waals surface area contributed by atoms with E-state index in [-0.39, 0.29) is 0 Å². The molecule has 6 heteroatoms. The van der Waals surface area contributed by atoms with Gasteiger partial charge in [-0.15, -0.1) is 0 Å². The Morgan fingerprint density at radius 1 is 1.00 bits per heavy atom. The number of carbonyl (C=O) groups excluding carboxylic acids is 1. The third-order valence-corrected chi connectivity index (χ3v) is 3.32. The number of nitrogens with zero attached hydrogens (tertiary/aromatic N) is 2. The summed E-state index contributed by atoms with van der Waals surface area (Å²) in [6.45, 7) is 0.434. The predicted molar refractivity (Wildman–Crippen MR) is 82.1 cm³/mol. The Hall–Kier alpha value is -3.02. The van der Waals surface area contributed by atoms with E-state index in [1.54, 1.807) is 10.7 Å². The van der Waals surface area contributed by atoms with Crippen molar-refractivity contribution >= 4 is 11.7 Å². The molecule has 0 spiro atoms. The number of halogens is 2. The first-order valence-electron chi connectivity index (χ1n) is 6.96. The lowest BCUT2D eigenvalue weighted by molar-refractivity contribution is 0.101. The minimum absolute atomic E-state index is 0.363. The Bertz CT molecular complexity index is 811. The van der Waals surface area contributed by atoms with Crippen LogP contribution in [0.25, 0.3) is 0 Å². The SMILES string of the molecule is O=C(Nc1ccnn1Cc1ccccc1)c1c(F)cccc1F. The van der Waals surface area contributed by atoms with E-state index in [0.29, 0.717) is 12.4 Å². The van der Waals surface area contributed by atoms with Crippen molar-refractivity contribution in [1.29, 1.82) is 0 Å². The first kappa shape index (κ1) is 14.9. The maximum atomic E-state index is 13.7. The molecule has 0 atom stereocenters. The summed E-state index contributed by atoms with van der Waals surface area (Å²) in [6, 6.07) is 14.4. The Morgan fingerprint density at radius 3 is 2.39 bits per heavy atom. The van der Waals surface area contributed by atoms with Crippen molar-refractivity contribution in [3.8, 4) is 0 Å².